The molecule has 2 saturated carbocycles. The minimum absolute atomic E-state index is 0.0622. The molecule has 0 aromatic carbocycles. The number of nitrogens with zero attached hydrogens (tertiary/aromatic N) is 4. The minimum atomic E-state index is 0.0622. The summed E-state index contributed by atoms with van der Waals surface area (Å²) in [5.41, 5.74) is 2.02. The fraction of sp³-hybridized carbons (Fsp3) is 0.722. The van der Waals surface area contributed by atoms with Crippen molar-refractivity contribution in [3.8, 4) is 0 Å². The maximum absolute atomic E-state index is 12.7. The van der Waals surface area contributed by atoms with Crippen LogP contribution in [0.3, 0.4) is 0 Å². The number of fused-ring (bicyclic) bond motifs is 1. The van der Waals surface area contributed by atoms with Crippen molar-refractivity contribution in [1.82, 2.24) is 14.5 Å². The molecule has 0 radical (unpaired) electrons. The molecule has 1 aromatic heterocycles. The lowest BCUT2D eigenvalue weighted by atomic mass is 9.91. The van der Waals surface area contributed by atoms with Gasteiger partial charge in [-0.05, 0) is 38.5 Å². The van der Waals surface area contributed by atoms with Crippen LogP contribution in [0.5, 0.6) is 0 Å². The summed E-state index contributed by atoms with van der Waals surface area (Å²) in [6, 6.07) is 0.324. The van der Waals surface area contributed by atoms with Gasteiger partial charge in [0.15, 0.2) is 0 Å². The molecule has 1 unspecified atom stereocenters. The van der Waals surface area contributed by atoms with Crippen molar-refractivity contribution in [3.63, 3.8) is 0 Å². The molecule has 3 atom stereocenters. The molecule has 2 aliphatic carbocycles. The van der Waals surface area contributed by atoms with Gasteiger partial charge in [0.05, 0.1) is 12.0 Å². The van der Waals surface area contributed by atoms with Crippen LogP contribution in [-0.2, 0) is 4.84 Å². The van der Waals surface area contributed by atoms with Crippen LogP contribution < -0.4 is 0 Å². The number of amides is 1. The van der Waals surface area contributed by atoms with Gasteiger partial charge in [-0.1, -0.05) is 12.1 Å². The highest BCUT2D eigenvalue weighted by Crippen LogP contribution is 2.66. The zero-order valence-corrected chi connectivity index (χ0v) is 14.5. The van der Waals surface area contributed by atoms with E-state index in [9.17, 15) is 4.79 Å². The highest BCUT2D eigenvalue weighted by molar-refractivity contribution is 5.97. The fourth-order valence-corrected chi connectivity index (χ4v) is 4.58. The smallest absolute Gasteiger partial charge is 0.274 e. The molecule has 1 saturated heterocycles. The summed E-state index contributed by atoms with van der Waals surface area (Å²) in [5, 5.41) is 4.42. The summed E-state index contributed by atoms with van der Waals surface area (Å²) in [6.07, 6.45) is 6.91. The second-order valence-electron chi connectivity index (χ2n) is 8.49. The van der Waals surface area contributed by atoms with Crippen LogP contribution in [0.1, 0.15) is 56.6 Å². The molecule has 1 amide bonds. The molecule has 3 fully saturated rings. The van der Waals surface area contributed by atoms with E-state index in [-0.39, 0.29) is 16.9 Å². The number of piperidine rings is 1. The van der Waals surface area contributed by atoms with E-state index in [0.717, 1.165) is 32.4 Å². The maximum atomic E-state index is 12.7. The summed E-state index contributed by atoms with van der Waals surface area (Å²) in [7, 11) is 0. The second kappa shape index (κ2) is 4.41. The molecule has 6 heteroatoms. The number of hydrogen-bond acceptors (Lipinski definition) is 4. The van der Waals surface area contributed by atoms with Gasteiger partial charge in [0.1, 0.15) is 11.3 Å². The molecule has 5 rings (SSSR count). The Balaban J connectivity index is 1.26. The van der Waals surface area contributed by atoms with Gasteiger partial charge in [0.2, 0.25) is 0 Å². The Hall–Kier alpha value is -1.85. The quantitative estimate of drug-likeness (QED) is 0.856. The molecule has 6 nitrogen and oxygen atoms in total. The third-order valence-electron chi connectivity index (χ3n) is 6.72. The summed E-state index contributed by atoms with van der Waals surface area (Å²) in [5.74, 6) is 1.13. The van der Waals surface area contributed by atoms with E-state index in [1.54, 1.807) is 6.33 Å². The number of aromatic nitrogens is 2. The Kier molecular flexibility index (Phi) is 2.66. The van der Waals surface area contributed by atoms with Crippen molar-refractivity contribution in [2.24, 2.45) is 22.4 Å². The molecule has 3 heterocycles. The third kappa shape index (κ3) is 1.85. The van der Waals surface area contributed by atoms with E-state index in [2.05, 4.69) is 30.9 Å². The van der Waals surface area contributed by atoms with Crippen LogP contribution in [0, 0.1) is 17.3 Å². The Labute approximate surface area is 141 Å². The summed E-state index contributed by atoms with van der Waals surface area (Å²) >= 11 is 0. The number of imidazole rings is 1. The van der Waals surface area contributed by atoms with E-state index in [4.69, 9.17) is 4.84 Å². The predicted octanol–water partition coefficient (Wildman–Crippen LogP) is 2.48. The Bertz CT molecular complexity index is 734. The van der Waals surface area contributed by atoms with E-state index in [1.165, 1.54) is 5.71 Å². The van der Waals surface area contributed by atoms with Gasteiger partial charge in [-0.2, -0.15) is 0 Å². The zero-order chi connectivity index (χ0) is 16.7. The lowest BCUT2D eigenvalue weighted by molar-refractivity contribution is 0.0650. The number of likely N-dealkylation sites (tertiary alicyclic amines) is 1. The fourth-order valence-electron chi connectivity index (χ4n) is 4.58. The first-order valence-electron chi connectivity index (χ1n) is 9.01. The molecule has 128 valence electrons. The molecular formula is C18H24N4O2. The van der Waals surface area contributed by atoms with Crippen LogP contribution in [0.15, 0.2) is 17.7 Å². The van der Waals surface area contributed by atoms with Crippen LogP contribution in [0.4, 0.5) is 0 Å². The van der Waals surface area contributed by atoms with E-state index >= 15 is 0 Å². The van der Waals surface area contributed by atoms with Gasteiger partial charge in [0.25, 0.3) is 5.91 Å². The SMILES string of the molecule is CC(C)n1cnc(C(=O)N2C[C@@H]3[C@H](C2)C3(C)C2=NOC3(CC3)C2)c1. The van der Waals surface area contributed by atoms with Gasteiger partial charge >= 0.3 is 0 Å². The number of carbonyl (C=O) groups is 1. The van der Waals surface area contributed by atoms with Crippen molar-refractivity contribution >= 4 is 11.6 Å². The van der Waals surface area contributed by atoms with Crippen molar-refractivity contribution in [2.45, 2.75) is 51.7 Å². The molecule has 4 aliphatic rings. The van der Waals surface area contributed by atoms with Crippen LogP contribution in [0.25, 0.3) is 0 Å². The molecule has 1 aromatic rings. The number of rotatable bonds is 3. The van der Waals surface area contributed by atoms with Crippen molar-refractivity contribution < 1.29 is 9.63 Å². The van der Waals surface area contributed by atoms with E-state index in [0.29, 0.717) is 23.6 Å². The summed E-state index contributed by atoms with van der Waals surface area (Å²) in [6.45, 7) is 8.12. The first-order chi connectivity index (χ1) is 11.4. The third-order valence-corrected chi connectivity index (χ3v) is 6.72. The lowest BCUT2D eigenvalue weighted by Gasteiger charge is -2.23. The van der Waals surface area contributed by atoms with Gasteiger partial charge in [-0.15, -0.1) is 0 Å². The van der Waals surface area contributed by atoms with Crippen LogP contribution in [0.2, 0.25) is 0 Å². The number of carbonyl (C=O) groups excluding carboxylic acids is 1. The van der Waals surface area contributed by atoms with Gasteiger partial charge < -0.3 is 14.3 Å². The Morgan fingerprint density at radius 1 is 1.33 bits per heavy atom. The topological polar surface area (TPSA) is 59.7 Å². The standard InChI is InChI=1S/C18H24N4O2/c1-11(2)22-9-14(19-10-22)16(23)21-7-12-13(8-21)17(12,3)15-6-18(4-5-18)24-20-15/h9-13H,4-8H2,1-3H3/t12-,13+,17?. The van der Waals surface area contributed by atoms with Gasteiger partial charge in [-0.3, -0.25) is 4.79 Å². The lowest BCUT2D eigenvalue weighted by Crippen LogP contribution is -2.35. The molecule has 0 N–H and O–H groups in total. The number of hydrogen-bond donors (Lipinski definition) is 0. The van der Waals surface area contributed by atoms with Crippen molar-refractivity contribution in [3.05, 3.63) is 18.2 Å². The molecule has 1 spiro atoms. The molecular weight excluding hydrogens is 304 g/mol. The zero-order valence-electron chi connectivity index (χ0n) is 14.5. The average molecular weight is 328 g/mol. The van der Waals surface area contributed by atoms with Crippen molar-refractivity contribution in [2.75, 3.05) is 13.1 Å². The highest BCUT2D eigenvalue weighted by atomic mass is 16.7. The molecule has 24 heavy (non-hydrogen) atoms. The van der Waals surface area contributed by atoms with Gasteiger partial charge in [-0.25, -0.2) is 4.98 Å². The Morgan fingerprint density at radius 3 is 2.58 bits per heavy atom. The van der Waals surface area contributed by atoms with Crippen LogP contribution in [-0.4, -0.2) is 44.8 Å². The van der Waals surface area contributed by atoms with Gasteiger partial charge in [0, 0.05) is 37.2 Å². The first kappa shape index (κ1) is 14.5. The molecule has 0 bridgehead atoms. The highest BCUT2D eigenvalue weighted by Gasteiger charge is 2.70. The normalized spacial score (nSPS) is 35.2. The first-order valence-corrected chi connectivity index (χ1v) is 9.01. The maximum Gasteiger partial charge on any atom is 0.274 e. The summed E-state index contributed by atoms with van der Waals surface area (Å²) < 4.78 is 1.98. The van der Waals surface area contributed by atoms with Crippen LogP contribution >= 0.6 is 0 Å². The van der Waals surface area contributed by atoms with E-state index < -0.39 is 0 Å². The van der Waals surface area contributed by atoms with E-state index in [1.807, 2.05) is 15.7 Å². The largest absolute Gasteiger partial charge is 0.389 e. The number of oxime groups is 1. The monoisotopic (exact) mass is 328 g/mol. The minimum Gasteiger partial charge on any atom is -0.389 e. The predicted molar refractivity (Wildman–Crippen MR) is 88.7 cm³/mol. The Morgan fingerprint density at radius 2 is 2.04 bits per heavy atom. The molecule has 2 aliphatic heterocycles. The van der Waals surface area contributed by atoms with Crippen molar-refractivity contribution in [1.29, 1.82) is 0 Å². The average Bonchev–Trinajstić information content (AvgIpc) is 3.17. The summed E-state index contributed by atoms with van der Waals surface area (Å²) in [4.78, 5) is 24.6. The second-order valence-corrected chi connectivity index (χ2v) is 8.49.